The van der Waals surface area contributed by atoms with Crippen LogP contribution in [0.15, 0.2) is 0 Å². The van der Waals surface area contributed by atoms with Crippen molar-refractivity contribution in [2.45, 2.75) is 175 Å². The molecule has 0 saturated heterocycles. The van der Waals surface area contributed by atoms with Crippen molar-refractivity contribution in [1.82, 2.24) is 0 Å². The maximum atomic E-state index is 11.9. The van der Waals surface area contributed by atoms with Crippen molar-refractivity contribution in [3.63, 3.8) is 0 Å². The first-order valence-electron chi connectivity index (χ1n) is 14.9. The summed E-state index contributed by atoms with van der Waals surface area (Å²) in [4.78, 5) is 23.7. The van der Waals surface area contributed by atoms with Crippen molar-refractivity contribution in [3.05, 3.63) is 0 Å². The molecule has 0 aliphatic heterocycles. The Morgan fingerprint density at radius 1 is 0.529 bits per heavy atom. The van der Waals surface area contributed by atoms with Crippen molar-refractivity contribution in [1.29, 1.82) is 0 Å². The van der Waals surface area contributed by atoms with Crippen molar-refractivity contribution >= 4 is 11.9 Å². The molecule has 0 aromatic heterocycles. The largest absolute Gasteiger partial charge is 0.466 e. The molecule has 0 rings (SSSR count). The number of esters is 2. The van der Waals surface area contributed by atoms with Gasteiger partial charge in [0, 0.05) is 12.8 Å². The minimum atomic E-state index is -0.0480. The van der Waals surface area contributed by atoms with Gasteiger partial charge in [-0.15, -0.1) is 0 Å². The third-order valence-electron chi connectivity index (χ3n) is 6.57. The second kappa shape index (κ2) is 26.5. The first-order valence-corrected chi connectivity index (χ1v) is 14.9. The average molecular weight is 483 g/mol. The van der Waals surface area contributed by atoms with Gasteiger partial charge in [0.25, 0.3) is 0 Å². The molecule has 0 spiro atoms. The molecule has 0 radical (unpaired) electrons. The number of carbonyl (C=O) groups excluding carboxylic acids is 2. The Labute approximate surface area is 212 Å². The van der Waals surface area contributed by atoms with E-state index in [-0.39, 0.29) is 18.0 Å². The van der Waals surface area contributed by atoms with E-state index in [4.69, 9.17) is 9.47 Å². The van der Waals surface area contributed by atoms with Crippen LogP contribution in [0.4, 0.5) is 0 Å². The summed E-state index contributed by atoms with van der Waals surface area (Å²) in [6.45, 7) is 7.06. The summed E-state index contributed by atoms with van der Waals surface area (Å²) in [5.41, 5.74) is 0. The fraction of sp³-hybridized carbons (Fsp3) is 0.933. The quantitative estimate of drug-likeness (QED) is 0.0909. The van der Waals surface area contributed by atoms with Crippen molar-refractivity contribution < 1.29 is 19.1 Å². The minimum Gasteiger partial charge on any atom is -0.466 e. The molecule has 0 fully saturated rings. The number of ether oxygens (including phenoxy) is 2. The lowest BCUT2D eigenvalue weighted by Crippen LogP contribution is -2.14. The van der Waals surface area contributed by atoms with E-state index < -0.39 is 0 Å². The Morgan fingerprint density at radius 2 is 0.941 bits per heavy atom. The first-order chi connectivity index (χ1) is 16.6. The molecular formula is C30H58O4. The fourth-order valence-electron chi connectivity index (χ4n) is 4.29. The van der Waals surface area contributed by atoms with Gasteiger partial charge in [0.05, 0.1) is 12.7 Å². The summed E-state index contributed by atoms with van der Waals surface area (Å²) in [7, 11) is 0. The van der Waals surface area contributed by atoms with E-state index in [2.05, 4.69) is 13.8 Å². The Balaban J connectivity index is 3.33. The topological polar surface area (TPSA) is 52.6 Å². The molecule has 0 heterocycles. The lowest BCUT2D eigenvalue weighted by atomic mass is 10.1. The summed E-state index contributed by atoms with van der Waals surface area (Å²) in [6, 6.07) is 0. The fourth-order valence-corrected chi connectivity index (χ4v) is 4.29. The highest BCUT2D eigenvalue weighted by atomic mass is 16.5. The highest BCUT2D eigenvalue weighted by molar-refractivity contribution is 5.69. The molecule has 0 saturated carbocycles. The Bertz CT molecular complexity index is 449. The van der Waals surface area contributed by atoms with Gasteiger partial charge >= 0.3 is 11.9 Å². The number of rotatable bonds is 26. The van der Waals surface area contributed by atoms with Crippen LogP contribution in [0.5, 0.6) is 0 Å². The van der Waals surface area contributed by atoms with Gasteiger partial charge in [-0.1, -0.05) is 117 Å². The van der Waals surface area contributed by atoms with E-state index in [9.17, 15) is 9.59 Å². The molecule has 0 aliphatic carbocycles. The Hall–Kier alpha value is -1.06. The van der Waals surface area contributed by atoms with Gasteiger partial charge < -0.3 is 9.47 Å². The standard InChI is InChI=1S/C30H58O4/c1-4-6-8-10-11-12-13-16-19-23-27-33-29(31)25-21-17-14-15-18-22-26-30(32)34-28(3)24-20-9-7-5-2/h28H,4-27H2,1-3H3. The molecule has 4 nitrogen and oxygen atoms in total. The number of hydrogen-bond acceptors (Lipinski definition) is 4. The lowest BCUT2D eigenvalue weighted by Gasteiger charge is -2.13. The molecule has 1 atom stereocenters. The van der Waals surface area contributed by atoms with Gasteiger partial charge in [-0.05, 0) is 39.0 Å². The zero-order chi connectivity index (χ0) is 25.1. The van der Waals surface area contributed by atoms with Crippen molar-refractivity contribution in [2.75, 3.05) is 6.61 Å². The lowest BCUT2D eigenvalue weighted by molar-refractivity contribution is -0.148. The molecule has 0 aliphatic rings. The zero-order valence-corrected chi connectivity index (χ0v) is 23.2. The van der Waals surface area contributed by atoms with Crippen LogP contribution in [0, 0.1) is 0 Å². The van der Waals surface area contributed by atoms with E-state index >= 15 is 0 Å². The van der Waals surface area contributed by atoms with E-state index in [1.165, 1.54) is 77.0 Å². The van der Waals surface area contributed by atoms with Gasteiger partial charge in [0.2, 0.25) is 0 Å². The first kappa shape index (κ1) is 32.9. The third kappa shape index (κ3) is 25.6. The number of hydrogen-bond donors (Lipinski definition) is 0. The Kier molecular flexibility index (Phi) is 25.7. The number of carbonyl (C=O) groups is 2. The van der Waals surface area contributed by atoms with Crippen LogP contribution < -0.4 is 0 Å². The summed E-state index contributed by atoms with van der Waals surface area (Å²) in [6.07, 6.45) is 26.1. The smallest absolute Gasteiger partial charge is 0.306 e. The molecule has 0 aromatic rings. The van der Waals surface area contributed by atoms with E-state index in [0.717, 1.165) is 57.8 Å². The maximum Gasteiger partial charge on any atom is 0.306 e. The van der Waals surface area contributed by atoms with Gasteiger partial charge in [0.15, 0.2) is 0 Å². The molecule has 4 heteroatoms. The second-order valence-electron chi connectivity index (χ2n) is 10.2. The molecule has 202 valence electrons. The van der Waals surface area contributed by atoms with E-state index in [0.29, 0.717) is 19.4 Å². The van der Waals surface area contributed by atoms with Crippen LogP contribution in [0.2, 0.25) is 0 Å². The predicted molar refractivity (Wildman–Crippen MR) is 144 cm³/mol. The normalized spacial score (nSPS) is 12.0. The highest BCUT2D eigenvalue weighted by Gasteiger charge is 2.09. The van der Waals surface area contributed by atoms with Crippen LogP contribution in [0.1, 0.15) is 168 Å². The van der Waals surface area contributed by atoms with Gasteiger partial charge in [-0.2, -0.15) is 0 Å². The molecule has 0 amide bonds. The van der Waals surface area contributed by atoms with E-state index in [1.807, 2.05) is 6.92 Å². The minimum absolute atomic E-state index is 0.0394. The molecule has 0 aromatic carbocycles. The number of unbranched alkanes of at least 4 members (excludes halogenated alkanes) is 17. The summed E-state index contributed by atoms with van der Waals surface area (Å²) >= 11 is 0. The van der Waals surface area contributed by atoms with Gasteiger partial charge in [0.1, 0.15) is 0 Å². The van der Waals surface area contributed by atoms with Crippen molar-refractivity contribution in [3.8, 4) is 0 Å². The Morgan fingerprint density at radius 3 is 1.47 bits per heavy atom. The van der Waals surface area contributed by atoms with Crippen LogP contribution in [0.3, 0.4) is 0 Å². The monoisotopic (exact) mass is 482 g/mol. The van der Waals surface area contributed by atoms with Gasteiger partial charge in [-0.3, -0.25) is 9.59 Å². The molecule has 1 unspecified atom stereocenters. The van der Waals surface area contributed by atoms with Crippen LogP contribution in [0.25, 0.3) is 0 Å². The van der Waals surface area contributed by atoms with Crippen LogP contribution in [-0.2, 0) is 19.1 Å². The molecular weight excluding hydrogens is 424 g/mol. The molecule has 0 bridgehead atoms. The maximum absolute atomic E-state index is 11.9. The molecule has 34 heavy (non-hydrogen) atoms. The van der Waals surface area contributed by atoms with Crippen LogP contribution in [-0.4, -0.2) is 24.6 Å². The SMILES string of the molecule is CCCCCCCCCCCCOC(=O)CCCCCCCCC(=O)OC(C)CCCCCC. The zero-order valence-electron chi connectivity index (χ0n) is 23.2. The average Bonchev–Trinajstić information content (AvgIpc) is 2.82. The predicted octanol–water partition coefficient (Wildman–Crippen LogP) is 9.47. The second-order valence-corrected chi connectivity index (χ2v) is 10.2. The van der Waals surface area contributed by atoms with Crippen LogP contribution >= 0.6 is 0 Å². The summed E-state index contributed by atoms with van der Waals surface area (Å²) in [5.74, 6) is -0.0874. The molecule has 0 N–H and O–H groups in total. The van der Waals surface area contributed by atoms with E-state index in [1.54, 1.807) is 0 Å². The summed E-state index contributed by atoms with van der Waals surface area (Å²) in [5, 5.41) is 0. The summed E-state index contributed by atoms with van der Waals surface area (Å²) < 4.78 is 10.9. The third-order valence-corrected chi connectivity index (χ3v) is 6.57. The van der Waals surface area contributed by atoms with Crippen molar-refractivity contribution in [2.24, 2.45) is 0 Å². The van der Waals surface area contributed by atoms with Gasteiger partial charge in [-0.25, -0.2) is 0 Å². The highest BCUT2D eigenvalue weighted by Crippen LogP contribution is 2.13.